The van der Waals surface area contributed by atoms with Crippen LogP contribution in [0.15, 0.2) is 64.0 Å². The first-order valence-corrected chi connectivity index (χ1v) is 6.86. The highest BCUT2D eigenvalue weighted by Gasteiger charge is 2.11. The van der Waals surface area contributed by atoms with Gasteiger partial charge in [-0.15, -0.1) is 0 Å². The molecule has 0 fully saturated rings. The number of carbonyl (C=O) groups is 1. The lowest BCUT2D eigenvalue weighted by atomic mass is 10.2. The first kappa shape index (κ1) is 17.5. The van der Waals surface area contributed by atoms with Crippen molar-refractivity contribution in [2.45, 2.75) is 0 Å². The normalized spacial score (nSPS) is 10.0. The molecular weight excluding hydrogens is 334 g/mol. The van der Waals surface area contributed by atoms with Crippen LogP contribution in [0.1, 0.15) is 0 Å². The fourth-order valence-corrected chi connectivity index (χ4v) is 2.01. The van der Waals surface area contributed by atoms with E-state index in [9.17, 15) is 9.59 Å². The summed E-state index contributed by atoms with van der Waals surface area (Å²) in [6.45, 7) is -0.230. The van der Waals surface area contributed by atoms with Crippen LogP contribution >= 0.6 is 0 Å². The number of carbonyl (C=O) groups excluding carboxylic acids is 1. The molecule has 1 aromatic heterocycles. The molecule has 0 radical (unpaired) electrons. The van der Waals surface area contributed by atoms with Gasteiger partial charge in [-0.1, -0.05) is 18.2 Å². The number of hydrogen-bond donors (Lipinski definition) is 1. The van der Waals surface area contributed by atoms with Crippen LogP contribution in [0.25, 0.3) is 11.0 Å². The molecule has 0 bridgehead atoms. The summed E-state index contributed by atoms with van der Waals surface area (Å²) in [6, 6.07) is 13.4. The maximum Gasteiger partial charge on any atom is 0.325 e. The number of rotatable bonds is 4. The highest BCUT2D eigenvalue weighted by atomic mass is 35.5. The van der Waals surface area contributed by atoms with Crippen molar-refractivity contribution in [1.82, 2.24) is 0 Å². The third-order valence-corrected chi connectivity index (χ3v) is 3.08. The third kappa shape index (κ3) is 3.73. The molecule has 6 nitrogen and oxygen atoms in total. The molecule has 0 saturated heterocycles. The Morgan fingerprint density at radius 3 is 2.54 bits per heavy atom. The van der Waals surface area contributed by atoms with Gasteiger partial charge in [-0.05, 0) is 24.3 Å². The van der Waals surface area contributed by atoms with Crippen LogP contribution in [0, 0.1) is 0 Å². The topological polar surface area (TPSA) is 91.8 Å². The number of esters is 1. The van der Waals surface area contributed by atoms with Crippen molar-refractivity contribution < 1.29 is 31.1 Å². The second kappa shape index (κ2) is 7.63. The van der Waals surface area contributed by atoms with Crippen molar-refractivity contribution in [3.05, 3.63) is 65.0 Å². The van der Waals surface area contributed by atoms with Crippen LogP contribution in [0.5, 0.6) is 17.2 Å². The maximum absolute atomic E-state index is 12.4. The van der Waals surface area contributed by atoms with Crippen molar-refractivity contribution in [3.8, 4) is 17.2 Å². The number of benzene rings is 2. The molecule has 3 rings (SSSR count). The van der Waals surface area contributed by atoms with Gasteiger partial charge in [-0.25, -0.2) is 0 Å². The molecule has 7 heteroatoms. The number of ether oxygens (including phenoxy) is 2. The lowest BCUT2D eigenvalue weighted by molar-refractivity contribution is -0.132. The third-order valence-electron chi connectivity index (χ3n) is 3.08. The van der Waals surface area contributed by atoms with E-state index in [-0.39, 0.29) is 41.5 Å². The predicted octanol–water partition coefficient (Wildman–Crippen LogP) is -0.547. The van der Waals surface area contributed by atoms with Crippen LogP contribution in [-0.4, -0.2) is 12.5 Å². The van der Waals surface area contributed by atoms with Crippen LogP contribution < -0.4 is 33.0 Å². The molecule has 24 heavy (non-hydrogen) atoms. The second-order valence-electron chi connectivity index (χ2n) is 4.68. The summed E-state index contributed by atoms with van der Waals surface area (Å²) in [5, 5.41) is 0.325. The Hall–Kier alpha value is -2.83. The number of halogens is 1. The summed E-state index contributed by atoms with van der Waals surface area (Å²) in [5.74, 6) is 0.298. The molecule has 0 aliphatic rings. The van der Waals surface area contributed by atoms with Gasteiger partial charge >= 0.3 is 5.97 Å². The summed E-state index contributed by atoms with van der Waals surface area (Å²) in [7, 11) is 0. The summed E-state index contributed by atoms with van der Waals surface area (Å²) in [5.41, 5.74) is 5.16. The van der Waals surface area contributed by atoms with Gasteiger partial charge in [0.15, 0.2) is 0 Å². The number of nitrogens with two attached hydrogens (primary N) is 1. The van der Waals surface area contributed by atoms with E-state index in [0.29, 0.717) is 11.1 Å². The molecule has 0 saturated carbocycles. The number of hydrogen-bond acceptors (Lipinski definition) is 6. The average Bonchev–Trinajstić information content (AvgIpc) is 2.58. The standard InChI is InChI=1S/C17H13NO5.ClH/c18-9-16(19)23-12-6-7-13-14(8-12)21-10-15(17(13)20)22-11-4-2-1-3-5-11;/h1-8,10H,9,18H2;1H/p-1. The highest BCUT2D eigenvalue weighted by molar-refractivity contribution is 5.81. The maximum atomic E-state index is 12.4. The van der Waals surface area contributed by atoms with E-state index in [2.05, 4.69) is 0 Å². The van der Waals surface area contributed by atoms with Gasteiger partial charge < -0.3 is 32.0 Å². The van der Waals surface area contributed by atoms with E-state index in [0.717, 1.165) is 0 Å². The molecule has 2 N–H and O–H groups in total. The minimum Gasteiger partial charge on any atom is -1.00 e. The van der Waals surface area contributed by atoms with Crippen molar-refractivity contribution in [3.63, 3.8) is 0 Å². The quantitative estimate of drug-likeness (QED) is 0.503. The molecule has 0 spiro atoms. The smallest absolute Gasteiger partial charge is 0.325 e. The SMILES string of the molecule is NCC(=O)Oc1ccc2c(=O)c(Oc3ccccc3)coc2c1.[Cl-]. The lowest BCUT2D eigenvalue weighted by Crippen LogP contribution is -3.00. The van der Waals surface area contributed by atoms with Crippen molar-refractivity contribution >= 4 is 16.9 Å². The van der Waals surface area contributed by atoms with Crippen LogP contribution in [-0.2, 0) is 4.79 Å². The molecule has 0 aliphatic heterocycles. The molecule has 1 heterocycles. The first-order chi connectivity index (χ1) is 11.2. The van der Waals surface area contributed by atoms with E-state index in [1.54, 1.807) is 24.3 Å². The molecule has 3 aromatic rings. The molecule has 0 atom stereocenters. The lowest BCUT2D eigenvalue weighted by Gasteiger charge is -2.06. The van der Waals surface area contributed by atoms with Crippen LogP contribution in [0.2, 0.25) is 0 Å². The van der Waals surface area contributed by atoms with Crippen molar-refractivity contribution in [2.75, 3.05) is 6.54 Å². The fraction of sp³-hybridized carbons (Fsp3) is 0.0588. The monoisotopic (exact) mass is 346 g/mol. The van der Waals surface area contributed by atoms with Gasteiger partial charge in [-0.3, -0.25) is 9.59 Å². The van der Waals surface area contributed by atoms with E-state index in [1.807, 2.05) is 6.07 Å². The van der Waals surface area contributed by atoms with E-state index in [4.69, 9.17) is 19.6 Å². The Kier molecular flexibility index (Phi) is 5.57. The number of para-hydroxylation sites is 1. The van der Waals surface area contributed by atoms with Crippen molar-refractivity contribution in [1.29, 1.82) is 0 Å². The number of fused-ring (bicyclic) bond motifs is 1. The molecule has 0 unspecified atom stereocenters. The van der Waals surface area contributed by atoms with Crippen LogP contribution in [0.3, 0.4) is 0 Å². The van der Waals surface area contributed by atoms with Crippen molar-refractivity contribution in [2.24, 2.45) is 5.73 Å². The van der Waals surface area contributed by atoms with E-state index < -0.39 is 5.97 Å². The van der Waals surface area contributed by atoms with Gasteiger partial charge in [0.1, 0.15) is 23.3 Å². The Morgan fingerprint density at radius 2 is 1.83 bits per heavy atom. The highest BCUT2D eigenvalue weighted by Crippen LogP contribution is 2.23. The van der Waals surface area contributed by atoms with Gasteiger partial charge in [0.05, 0.1) is 11.9 Å². The average molecular weight is 347 g/mol. The molecular formula is C17H13ClNO5-. The summed E-state index contributed by atoms with van der Waals surface area (Å²) in [4.78, 5) is 23.6. The fourth-order valence-electron chi connectivity index (χ4n) is 2.01. The summed E-state index contributed by atoms with van der Waals surface area (Å²) >= 11 is 0. The zero-order valence-electron chi connectivity index (χ0n) is 12.4. The Morgan fingerprint density at radius 1 is 1.08 bits per heavy atom. The minimum atomic E-state index is -0.573. The molecule has 124 valence electrons. The Bertz CT molecular complexity index is 908. The van der Waals surface area contributed by atoms with Gasteiger partial charge in [0, 0.05) is 6.07 Å². The van der Waals surface area contributed by atoms with E-state index in [1.165, 1.54) is 24.5 Å². The zero-order valence-corrected chi connectivity index (χ0v) is 13.2. The molecule has 0 aliphatic carbocycles. The predicted molar refractivity (Wildman–Crippen MR) is 83.7 cm³/mol. The summed E-state index contributed by atoms with van der Waals surface area (Å²) < 4.78 is 15.9. The van der Waals surface area contributed by atoms with Gasteiger partial charge in [0.25, 0.3) is 0 Å². The van der Waals surface area contributed by atoms with Gasteiger partial charge in [-0.2, -0.15) is 0 Å². The second-order valence-corrected chi connectivity index (χ2v) is 4.68. The minimum absolute atomic E-state index is 0. The largest absolute Gasteiger partial charge is 1.00 e. The Balaban J connectivity index is 0.00000208. The van der Waals surface area contributed by atoms with Gasteiger partial charge in [0.2, 0.25) is 11.2 Å². The Labute approximate surface area is 143 Å². The molecule has 2 aromatic carbocycles. The zero-order chi connectivity index (χ0) is 16.2. The first-order valence-electron chi connectivity index (χ1n) is 6.86. The van der Waals surface area contributed by atoms with Crippen LogP contribution in [0.4, 0.5) is 0 Å². The summed E-state index contributed by atoms with van der Waals surface area (Å²) in [6.07, 6.45) is 1.23. The molecule has 0 amide bonds. The van der Waals surface area contributed by atoms with E-state index >= 15 is 0 Å².